The van der Waals surface area contributed by atoms with Gasteiger partial charge in [-0.2, -0.15) is 10.2 Å². The van der Waals surface area contributed by atoms with E-state index < -0.39 is 0 Å². The highest BCUT2D eigenvalue weighted by molar-refractivity contribution is 7.71. The van der Waals surface area contributed by atoms with E-state index in [0.717, 1.165) is 35.6 Å². The molecule has 0 spiro atoms. The summed E-state index contributed by atoms with van der Waals surface area (Å²) in [6.45, 7) is 2.82. The number of hydrogen-bond acceptors (Lipinski definition) is 5. The lowest BCUT2D eigenvalue weighted by molar-refractivity contribution is -0.121. The van der Waals surface area contributed by atoms with Crippen LogP contribution in [-0.4, -0.2) is 35.4 Å². The Hall–Kier alpha value is -2.59. The van der Waals surface area contributed by atoms with Gasteiger partial charge >= 0.3 is 0 Å². The van der Waals surface area contributed by atoms with Gasteiger partial charge in [0.25, 0.3) is 0 Å². The molecule has 0 atom stereocenters. The van der Waals surface area contributed by atoms with E-state index in [1.807, 2.05) is 40.3 Å². The number of carbonyl (C=O) groups excluding carboxylic acids is 1. The van der Waals surface area contributed by atoms with E-state index in [1.54, 1.807) is 0 Å². The van der Waals surface area contributed by atoms with Crippen molar-refractivity contribution in [3.05, 3.63) is 45.2 Å². The minimum Gasteiger partial charge on any atom is -0.349 e. The van der Waals surface area contributed by atoms with Gasteiger partial charge in [0.2, 0.25) is 5.91 Å². The average molecular weight is 416 g/mol. The van der Waals surface area contributed by atoms with Crippen LogP contribution in [0.2, 0.25) is 0 Å². The van der Waals surface area contributed by atoms with Crippen molar-refractivity contribution in [2.45, 2.75) is 45.3 Å². The second kappa shape index (κ2) is 7.80. The first kappa shape index (κ1) is 18.8. The van der Waals surface area contributed by atoms with Crippen molar-refractivity contribution in [2.24, 2.45) is 0 Å². The van der Waals surface area contributed by atoms with Crippen LogP contribution in [0.4, 0.5) is 0 Å². The SMILES string of the molecule is Cc1cccc(-c2n[nH]c(=S)n2CCC(=O)NCc2n[nH]c(=S)n2C2CC2)c1. The molecule has 1 aliphatic carbocycles. The summed E-state index contributed by atoms with van der Waals surface area (Å²) in [5.41, 5.74) is 2.10. The van der Waals surface area contributed by atoms with Crippen LogP contribution < -0.4 is 5.32 Å². The minimum atomic E-state index is -0.0745. The second-order valence-corrected chi connectivity index (χ2v) is 7.72. The molecule has 10 heteroatoms. The molecule has 1 aliphatic rings. The van der Waals surface area contributed by atoms with Gasteiger partial charge in [0, 0.05) is 24.6 Å². The van der Waals surface area contributed by atoms with E-state index in [1.165, 1.54) is 0 Å². The molecule has 146 valence electrons. The molecule has 28 heavy (non-hydrogen) atoms. The zero-order chi connectivity index (χ0) is 19.7. The van der Waals surface area contributed by atoms with Crippen LogP contribution in [0.5, 0.6) is 0 Å². The highest BCUT2D eigenvalue weighted by atomic mass is 32.1. The van der Waals surface area contributed by atoms with Crippen molar-refractivity contribution < 1.29 is 4.79 Å². The van der Waals surface area contributed by atoms with Crippen molar-refractivity contribution in [2.75, 3.05) is 0 Å². The number of nitrogens with zero attached hydrogens (tertiary/aromatic N) is 4. The lowest BCUT2D eigenvalue weighted by Gasteiger charge is -2.09. The standard InChI is InChI=1S/C18H21N7OS2/c1-11-3-2-4-12(9-11)16-21-22-17(27)24(16)8-7-15(26)19-10-14-20-23-18(28)25(14)13-5-6-13/h2-4,9,13H,5-8,10H2,1H3,(H,19,26)(H,22,27)(H,23,28). The Kier molecular flexibility index (Phi) is 5.23. The fourth-order valence-corrected chi connectivity index (χ4v) is 3.70. The van der Waals surface area contributed by atoms with E-state index in [0.29, 0.717) is 35.1 Å². The summed E-state index contributed by atoms with van der Waals surface area (Å²) in [5, 5.41) is 17.1. The predicted molar refractivity (Wildman–Crippen MR) is 110 cm³/mol. The first-order valence-electron chi connectivity index (χ1n) is 9.17. The van der Waals surface area contributed by atoms with Crippen LogP contribution in [0.15, 0.2) is 24.3 Å². The Bertz CT molecular complexity index is 1120. The molecule has 3 aromatic rings. The van der Waals surface area contributed by atoms with Crippen molar-refractivity contribution in [1.29, 1.82) is 0 Å². The van der Waals surface area contributed by atoms with Gasteiger partial charge in [-0.3, -0.25) is 24.1 Å². The first-order valence-corrected chi connectivity index (χ1v) is 9.99. The number of aromatic nitrogens is 6. The third kappa shape index (κ3) is 3.97. The fourth-order valence-electron chi connectivity index (χ4n) is 3.18. The van der Waals surface area contributed by atoms with E-state index in [2.05, 4.69) is 25.7 Å². The normalized spacial score (nSPS) is 13.6. The van der Waals surface area contributed by atoms with Crippen LogP contribution in [0.25, 0.3) is 11.4 Å². The molecular formula is C18H21N7OS2. The molecule has 0 unspecified atom stereocenters. The zero-order valence-corrected chi connectivity index (χ0v) is 17.1. The smallest absolute Gasteiger partial charge is 0.222 e. The summed E-state index contributed by atoms with van der Waals surface area (Å²) in [5.74, 6) is 1.42. The van der Waals surface area contributed by atoms with Crippen molar-refractivity contribution in [3.63, 3.8) is 0 Å². The first-order chi connectivity index (χ1) is 13.5. The molecule has 3 N–H and O–H groups in total. The molecule has 4 rings (SSSR count). The number of carbonyl (C=O) groups is 1. The number of amides is 1. The summed E-state index contributed by atoms with van der Waals surface area (Å²) in [6, 6.07) is 8.45. The average Bonchev–Trinajstić information content (AvgIpc) is 3.34. The number of nitrogens with one attached hydrogen (secondary N) is 3. The summed E-state index contributed by atoms with van der Waals surface area (Å²) >= 11 is 10.6. The van der Waals surface area contributed by atoms with Gasteiger partial charge in [-0.25, -0.2) is 0 Å². The number of H-pyrrole nitrogens is 2. The minimum absolute atomic E-state index is 0.0745. The number of rotatable bonds is 7. The molecule has 1 aromatic carbocycles. The summed E-state index contributed by atoms with van der Waals surface area (Å²) in [4.78, 5) is 12.4. The van der Waals surface area contributed by atoms with Gasteiger partial charge in [0.1, 0.15) is 0 Å². The predicted octanol–water partition coefficient (Wildman–Crippen LogP) is 3.21. The van der Waals surface area contributed by atoms with Crippen molar-refractivity contribution in [3.8, 4) is 11.4 Å². The molecule has 1 fully saturated rings. The van der Waals surface area contributed by atoms with Gasteiger partial charge < -0.3 is 5.32 Å². The Morgan fingerprint density at radius 2 is 2.04 bits per heavy atom. The van der Waals surface area contributed by atoms with Crippen molar-refractivity contribution >= 4 is 30.3 Å². The highest BCUT2D eigenvalue weighted by Crippen LogP contribution is 2.35. The number of benzene rings is 1. The Labute approximate surface area is 172 Å². The largest absolute Gasteiger partial charge is 0.349 e. The Balaban J connectivity index is 1.40. The monoisotopic (exact) mass is 415 g/mol. The molecule has 2 heterocycles. The van der Waals surface area contributed by atoms with E-state index in [9.17, 15) is 4.79 Å². The topological polar surface area (TPSA) is 96.3 Å². The van der Waals surface area contributed by atoms with Crippen LogP contribution >= 0.6 is 24.4 Å². The van der Waals surface area contributed by atoms with Gasteiger partial charge in [-0.05, 0) is 50.3 Å². The lowest BCUT2D eigenvalue weighted by atomic mass is 10.1. The number of aryl methyl sites for hydroxylation is 1. The van der Waals surface area contributed by atoms with Crippen LogP contribution in [0, 0.1) is 16.5 Å². The van der Waals surface area contributed by atoms with Gasteiger partial charge in [0.15, 0.2) is 21.2 Å². The van der Waals surface area contributed by atoms with Crippen molar-refractivity contribution in [1.82, 2.24) is 34.8 Å². The molecule has 0 aliphatic heterocycles. The second-order valence-electron chi connectivity index (χ2n) is 6.95. The van der Waals surface area contributed by atoms with E-state index in [4.69, 9.17) is 24.4 Å². The zero-order valence-electron chi connectivity index (χ0n) is 15.4. The number of hydrogen-bond donors (Lipinski definition) is 3. The maximum atomic E-state index is 12.4. The summed E-state index contributed by atoms with van der Waals surface area (Å²) in [6.07, 6.45) is 2.51. The molecule has 1 amide bonds. The van der Waals surface area contributed by atoms with Crippen LogP contribution in [0.1, 0.15) is 36.7 Å². The maximum absolute atomic E-state index is 12.4. The lowest BCUT2D eigenvalue weighted by Crippen LogP contribution is -2.25. The molecule has 0 radical (unpaired) electrons. The molecule has 0 saturated heterocycles. The number of aromatic amines is 2. The van der Waals surface area contributed by atoms with E-state index in [-0.39, 0.29) is 5.91 Å². The molecule has 0 bridgehead atoms. The molecular weight excluding hydrogens is 394 g/mol. The molecule has 8 nitrogen and oxygen atoms in total. The van der Waals surface area contributed by atoms with E-state index >= 15 is 0 Å². The highest BCUT2D eigenvalue weighted by Gasteiger charge is 2.27. The summed E-state index contributed by atoms with van der Waals surface area (Å²) < 4.78 is 4.96. The quantitative estimate of drug-likeness (QED) is 0.515. The van der Waals surface area contributed by atoms with Crippen LogP contribution in [-0.2, 0) is 17.9 Å². The maximum Gasteiger partial charge on any atom is 0.222 e. The Morgan fingerprint density at radius 3 is 2.79 bits per heavy atom. The van der Waals surface area contributed by atoms with Crippen LogP contribution in [0.3, 0.4) is 0 Å². The molecule has 1 saturated carbocycles. The Morgan fingerprint density at radius 1 is 1.25 bits per heavy atom. The van der Waals surface area contributed by atoms with Gasteiger partial charge in [0.05, 0.1) is 6.54 Å². The fraction of sp³-hybridized carbons (Fsp3) is 0.389. The van der Waals surface area contributed by atoms with Gasteiger partial charge in [-0.1, -0.05) is 23.8 Å². The van der Waals surface area contributed by atoms with Gasteiger partial charge in [-0.15, -0.1) is 0 Å². The molecule has 2 aromatic heterocycles. The summed E-state index contributed by atoms with van der Waals surface area (Å²) in [7, 11) is 0. The third-order valence-corrected chi connectivity index (χ3v) is 5.33. The third-order valence-electron chi connectivity index (χ3n) is 4.73.